The molecule has 4 aromatic carbocycles. The number of unbranched alkanes of at least 4 members (excludes halogenated alkanes) is 3. The number of ether oxygens (including phenoxy) is 3. The van der Waals surface area contributed by atoms with Crippen molar-refractivity contribution < 1.29 is 28.6 Å². The van der Waals surface area contributed by atoms with E-state index in [1.165, 1.54) is 6.08 Å². The van der Waals surface area contributed by atoms with Gasteiger partial charge in [0.15, 0.2) is 0 Å². The molecule has 246 valence electrons. The quantitative estimate of drug-likeness (QED) is 0.0352. The molecule has 0 bridgehead atoms. The highest BCUT2D eigenvalue weighted by atomic mass is 32.2. The minimum atomic E-state index is -0.498. The van der Waals surface area contributed by atoms with E-state index in [9.17, 15) is 14.4 Å². The van der Waals surface area contributed by atoms with Crippen molar-refractivity contribution in [2.24, 2.45) is 0 Å². The smallest absolute Gasteiger partial charge is 0.342 e. The summed E-state index contributed by atoms with van der Waals surface area (Å²) in [6.45, 7) is 9.82. The van der Waals surface area contributed by atoms with Crippen LogP contribution in [0, 0.1) is 30.6 Å². The average molecular weight is 669 g/mol. The number of hydrogen-bond acceptors (Lipinski definition) is 7. The van der Waals surface area contributed by atoms with Gasteiger partial charge in [-0.3, -0.25) is 4.79 Å². The molecule has 4 rings (SSSR count). The third-order valence-corrected chi connectivity index (χ3v) is 8.01. The Kier molecular flexibility index (Phi) is 14.1. The maximum atomic E-state index is 12.7. The van der Waals surface area contributed by atoms with E-state index < -0.39 is 5.97 Å². The Morgan fingerprint density at radius 3 is 1.78 bits per heavy atom. The molecule has 0 amide bonds. The molecule has 0 saturated carbocycles. The Balaban J connectivity index is 1.23. The van der Waals surface area contributed by atoms with Gasteiger partial charge in [0, 0.05) is 38.8 Å². The van der Waals surface area contributed by atoms with Crippen LogP contribution in [0.2, 0.25) is 0 Å². The first-order valence-corrected chi connectivity index (χ1v) is 16.6. The van der Waals surface area contributed by atoms with E-state index in [0.29, 0.717) is 24.3 Å². The van der Waals surface area contributed by atoms with Gasteiger partial charge in [0.25, 0.3) is 0 Å². The Hall–Kier alpha value is -5.76. The minimum absolute atomic E-state index is 0.109. The van der Waals surface area contributed by atoms with Crippen molar-refractivity contribution in [3.8, 4) is 29.4 Å². The van der Waals surface area contributed by atoms with Crippen LogP contribution in [-0.2, 0) is 14.3 Å². The number of thioether (sulfide) groups is 1. The third kappa shape index (κ3) is 12.1. The summed E-state index contributed by atoms with van der Waals surface area (Å²) in [6, 6.07) is 27.5. The van der Waals surface area contributed by atoms with Gasteiger partial charge >= 0.3 is 11.9 Å². The molecule has 6 nitrogen and oxygen atoms in total. The van der Waals surface area contributed by atoms with Gasteiger partial charge in [-0.2, -0.15) is 0 Å². The van der Waals surface area contributed by atoms with E-state index in [1.807, 2.05) is 61.5 Å². The predicted molar refractivity (Wildman–Crippen MR) is 193 cm³/mol. The Labute approximate surface area is 292 Å². The van der Waals surface area contributed by atoms with Crippen LogP contribution in [0.5, 0.6) is 5.75 Å². The van der Waals surface area contributed by atoms with E-state index in [0.717, 1.165) is 82.2 Å². The molecule has 0 spiro atoms. The summed E-state index contributed by atoms with van der Waals surface area (Å²) >= 11 is 1.08. The third-order valence-electron chi connectivity index (χ3n) is 7.08. The lowest BCUT2D eigenvalue weighted by Gasteiger charge is -2.09. The fourth-order valence-electron chi connectivity index (χ4n) is 4.44. The van der Waals surface area contributed by atoms with Gasteiger partial charge in [-0.05, 0) is 141 Å². The summed E-state index contributed by atoms with van der Waals surface area (Å²) in [7, 11) is 0. The molecule has 0 aliphatic heterocycles. The van der Waals surface area contributed by atoms with Crippen molar-refractivity contribution in [2.75, 3.05) is 13.2 Å². The topological polar surface area (TPSA) is 78.9 Å². The van der Waals surface area contributed by atoms with Crippen LogP contribution in [-0.4, -0.2) is 30.3 Å². The van der Waals surface area contributed by atoms with Crippen molar-refractivity contribution in [2.45, 2.75) is 37.5 Å². The lowest BCUT2D eigenvalue weighted by molar-refractivity contribution is -0.137. The second kappa shape index (κ2) is 19.2. The molecular formula is C42H36O6S. The van der Waals surface area contributed by atoms with Crippen molar-refractivity contribution in [1.29, 1.82) is 0 Å². The largest absolute Gasteiger partial charge is 0.493 e. The summed E-state index contributed by atoms with van der Waals surface area (Å²) in [5.41, 5.74) is 5.41. The summed E-state index contributed by atoms with van der Waals surface area (Å²) in [6.07, 6.45) is 6.00. The summed E-state index contributed by atoms with van der Waals surface area (Å²) < 4.78 is 15.7. The van der Waals surface area contributed by atoms with Crippen LogP contribution < -0.4 is 4.74 Å². The number of carbonyl (C=O) groups is 3. The zero-order valence-corrected chi connectivity index (χ0v) is 28.1. The summed E-state index contributed by atoms with van der Waals surface area (Å²) in [4.78, 5) is 36.2. The molecule has 0 fully saturated rings. The van der Waals surface area contributed by atoms with Crippen LogP contribution in [0.15, 0.2) is 121 Å². The molecule has 0 unspecified atom stereocenters. The second-order valence-corrected chi connectivity index (χ2v) is 11.8. The standard InChI is InChI=1S/C42H36O6S/c1-4-40(43)48-29-9-7-6-8-28-47-39-27-20-35(30-31(39)3)17-16-33-12-10-32(11-13-33)14-15-34-18-21-37(22-19-34)42(45)49-38-25-23-36(24-26-38)41(44)46-5-2/h4-5,10-13,18-27,30H,1-2,6-9,28-29H2,3H3. The number of rotatable bonds is 13. The molecule has 0 aliphatic rings. The van der Waals surface area contributed by atoms with Gasteiger partial charge in [0.2, 0.25) is 5.12 Å². The molecule has 7 heteroatoms. The zero-order chi connectivity index (χ0) is 34.8. The van der Waals surface area contributed by atoms with Gasteiger partial charge in [0.05, 0.1) is 25.0 Å². The first-order valence-electron chi connectivity index (χ1n) is 15.8. The highest BCUT2D eigenvalue weighted by Gasteiger charge is 2.10. The van der Waals surface area contributed by atoms with Crippen LogP contribution in [0.25, 0.3) is 0 Å². The highest BCUT2D eigenvalue weighted by Crippen LogP contribution is 2.24. The van der Waals surface area contributed by atoms with Crippen LogP contribution >= 0.6 is 11.8 Å². The Bertz CT molecular complexity index is 1900. The molecule has 49 heavy (non-hydrogen) atoms. The van der Waals surface area contributed by atoms with Crippen molar-refractivity contribution in [3.63, 3.8) is 0 Å². The van der Waals surface area contributed by atoms with E-state index in [1.54, 1.807) is 36.4 Å². The molecule has 0 saturated heterocycles. The minimum Gasteiger partial charge on any atom is -0.493 e. The van der Waals surface area contributed by atoms with E-state index >= 15 is 0 Å². The molecule has 0 aliphatic carbocycles. The SMILES string of the molecule is C=COC(=O)c1ccc(SC(=O)c2ccc(C#Cc3ccc(C#Cc4ccc(OCCCCCCOC(=O)C=C)c(C)c4)cc3)cc2)cc1. The van der Waals surface area contributed by atoms with Crippen molar-refractivity contribution >= 4 is 28.8 Å². The Morgan fingerprint density at radius 1 is 0.673 bits per heavy atom. The van der Waals surface area contributed by atoms with Gasteiger partial charge in [-0.25, -0.2) is 9.59 Å². The average Bonchev–Trinajstić information content (AvgIpc) is 3.12. The van der Waals surface area contributed by atoms with E-state index in [-0.39, 0.29) is 11.1 Å². The monoisotopic (exact) mass is 668 g/mol. The van der Waals surface area contributed by atoms with Crippen molar-refractivity contribution in [1.82, 2.24) is 0 Å². The normalized spacial score (nSPS) is 9.98. The van der Waals surface area contributed by atoms with Crippen LogP contribution in [0.1, 0.15) is 74.2 Å². The van der Waals surface area contributed by atoms with Gasteiger partial charge < -0.3 is 14.2 Å². The maximum absolute atomic E-state index is 12.7. The number of esters is 2. The number of carbonyl (C=O) groups excluding carboxylic acids is 3. The molecular weight excluding hydrogens is 633 g/mol. The summed E-state index contributed by atoms with van der Waals surface area (Å²) in [5.74, 6) is 12.7. The van der Waals surface area contributed by atoms with Gasteiger partial charge in [0.1, 0.15) is 5.75 Å². The molecule has 4 aromatic rings. The molecule has 0 aromatic heterocycles. The van der Waals surface area contributed by atoms with Crippen molar-refractivity contribution in [3.05, 3.63) is 155 Å². The number of aryl methyl sites for hydroxylation is 1. The first-order chi connectivity index (χ1) is 23.8. The molecule has 0 heterocycles. The fourth-order valence-corrected chi connectivity index (χ4v) is 5.18. The second-order valence-electron chi connectivity index (χ2n) is 10.8. The molecule has 0 radical (unpaired) electrons. The fraction of sp³-hybridized carbons (Fsp3) is 0.167. The molecule has 0 atom stereocenters. The van der Waals surface area contributed by atoms with Crippen LogP contribution in [0.4, 0.5) is 0 Å². The number of hydrogen-bond donors (Lipinski definition) is 0. The van der Waals surface area contributed by atoms with Gasteiger partial charge in [-0.1, -0.05) is 36.8 Å². The Morgan fingerprint density at radius 2 is 1.20 bits per heavy atom. The van der Waals surface area contributed by atoms with Crippen LogP contribution in [0.3, 0.4) is 0 Å². The van der Waals surface area contributed by atoms with Gasteiger partial charge in [-0.15, -0.1) is 0 Å². The number of benzene rings is 4. The van der Waals surface area contributed by atoms with E-state index in [2.05, 4.69) is 36.8 Å². The lowest BCUT2D eigenvalue weighted by atomic mass is 10.1. The summed E-state index contributed by atoms with van der Waals surface area (Å²) in [5, 5.41) is -0.109. The molecule has 0 N–H and O–H groups in total. The highest BCUT2D eigenvalue weighted by molar-refractivity contribution is 8.14. The zero-order valence-electron chi connectivity index (χ0n) is 27.3. The predicted octanol–water partition coefficient (Wildman–Crippen LogP) is 8.70. The first kappa shape index (κ1) is 36.1. The maximum Gasteiger partial charge on any atom is 0.342 e. The lowest BCUT2D eigenvalue weighted by Crippen LogP contribution is -2.02. The van der Waals surface area contributed by atoms with E-state index in [4.69, 9.17) is 14.2 Å².